The summed E-state index contributed by atoms with van der Waals surface area (Å²) in [5.74, 6) is 1.16. The highest BCUT2D eigenvalue weighted by Gasteiger charge is 2.14. The summed E-state index contributed by atoms with van der Waals surface area (Å²) in [5, 5.41) is 3.30. The van der Waals surface area contributed by atoms with E-state index >= 15 is 0 Å². The molecule has 2 rings (SSSR count). The molecule has 0 amide bonds. The molecule has 1 aromatic rings. The minimum atomic E-state index is 0.311. The predicted octanol–water partition coefficient (Wildman–Crippen LogP) is 2.89. The normalized spacial score (nSPS) is 20.1. The lowest BCUT2D eigenvalue weighted by Crippen LogP contribution is -2.27. The summed E-state index contributed by atoms with van der Waals surface area (Å²) < 4.78 is 5.69. The van der Waals surface area contributed by atoms with Crippen molar-refractivity contribution < 1.29 is 4.74 Å². The highest BCUT2D eigenvalue weighted by Crippen LogP contribution is 2.16. The second-order valence-electron chi connectivity index (χ2n) is 5.28. The van der Waals surface area contributed by atoms with Gasteiger partial charge in [0.05, 0.1) is 6.10 Å². The molecule has 4 heteroatoms. The molecule has 100 valence electrons. The molecule has 1 aliphatic heterocycles. The molecule has 0 bridgehead atoms. The van der Waals surface area contributed by atoms with Crippen LogP contribution in [0.25, 0.3) is 0 Å². The van der Waals surface area contributed by atoms with Crippen molar-refractivity contribution in [1.82, 2.24) is 9.97 Å². The predicted molar refractivity (Wildman–Crippen MR) is 72.9 cm³/mol. The SMILES string of the molecule is Cc1cc(C(C)C)nc(NCC2CCCCO2)n1. The van der Waals surface area contributed by atoms with Crippen LogP contribution >= 0.6 is 0 Å². The maximum Gasteiger partial charge on any atom is 0.223 e. The number of nitrogens with zero attached hydrogens (tertiary/aromatic N) is 2. The maximum atomic E-state index is 5.69. The number of hydrogen-bond acceptors (Lipinski definition) is 4. The van der Waals surface area contributed by atoms with E-state index in [0.29, 0.717) is 12.0 Å². The van der Waals surface area contributed by atoms with Crippen molar-refractivity contribution in [1.29, 1.82) is 0 Å². The molecule has 2 heterocycles. The van der Waals surface area contributed by atoms with E-state index in [1.165, 1.54) is 12.8 Å². The lowest BCUT2D eigenvalue weighted by Gasteiger charge is -2.22. The zero-order valence-corrected chi connectivity index (χ0v) is 11.6. The van der Waals surface area contributed by atoms with Crippen molar-refractivity contribution >= 4 is 5.95 Å². The van der Waals surface area contributed by atoms with E-state index in [-0.39, 0.29) is 0 Å². The monoisotopic (exact) mass is 249 g/mol. The Labute approximate surface area is 109 Å². The Hall–Kier alpha value is -1.16. The van der Waals surface area contributed by atoms with Gasteiger partial charge in [-0.05, 0) is 38.2 Å². The standard InChI is InChI=1S/C14H23N3O/c1-10(2)13-8-11(3)16-14(17-13)15-9-12-6-4-5-7-18-12/h8,10,12H,4-7,9H2,1-3H3,(H,15,16,17). The number of hydrogen-bond donors (Lipinski definition) is 1. The van der Waals surface area contributed by atoms with Crippen LogP contribution in [-0.4, -0.2) is 29.2 Å². The summed E-state index contributed by atoms with van der Waals surface area (Å²) in [6.45, 7) is 8.00. The van der Waals surface area contributed by atoms with Gasteiger partial charge in [-0.1, -0.05) is 13.8 Å². The number of aromatic nitrogens is 2. The summed E-state index contributed by atoms with van der Waals surface area (Å²) >= 11 is 0. The largest absolute Gasteiger partial charge is 0.376 e. The molecule has 1 unspecified atom stereocenters. The Kier molecular flexibility index (Phi) is 4.53. The third-order valence-corrected chi connectivity index (χ3v) is 3.23. The van der Waals surface area contributed by atoms with Gasteiger partial charge < -0.3 is 10.1 Å². The Morgan fingerprint density at radius 1 is 1.39 bits per heavy atom. The van der Waals surface area contributed by atoms with Crippen LogP contribution in [0.2, 0.25) is 0 Å². The molecule has 0 radical (unpaired) electrons. The number of rotatable bonds is 4. The first-order chi connectivity index (χ1) is 8.65. The van der Waals surface area contributed by atoms with Crippen molar-refractivity contribution in [2.75, 3.05) is 18.5 Å². The second kappa shape index (κ2) is 6.14. The quantitative estimate of drug-likeness (QED) is 0.891. The molecule has 1 saturated heterocycles. The minimum absolute atomic E-state index is 0.311. The van der Waals surface area contributed by atoms with E-state index in [2.05, 4.69) is 29.1 Å². The molecule has 1 N–H and O–H groups in total. The second-order valence-corrected chi connectivity index (χ2v) is 5.28. The van der Waals surface area contributed by atoms with Crippen LogP contribution in [0.5, 0.6) is 0 Å². The zero-order chi connectivity index (χ0) is 13.0. The highest BCUT2D eigenvalue weighted by atomic mass is 16.5. The average Bonchev–Trinajstić information content (AvgIpc) is 2.37. The van der Waals surface area contributed by atoms with E-state index in [9.17, 15) is 0 Å². The zero-order valence-electron chi connectivity index (χ0n) is 11.6. The molecule has 1 aromatic heterocycles. The van der Waals surface area contributed by atoms with Crippen LogP contribution in [0, 0.1) is 6.92 Å². The average molecular weight is 249 g/mol. The lowest BCUT2D eigenvalue weighted by atomic mass is 10.1. The Bertz CT molecular complexity index is 387. The number of ether oxygens (including phenoxy) is 1. The van der Waals surface area contributed by atoms with E-state index < -0.39 is 0 Å². The molecule has 0 aromatic carbocycles. The molecule has 4 nitrogen and oxygen atoms in total. The van der Waals surface area contributed by atoms with Crippen LogP contribution in [0.15, 0.2) is 6.07 Å². The van der Waals surface area contributed by atoms with Crippen LogP contribution < -0.4 is 5.32 Å². The maximum absolute atomic E-state index is 5.69. The Balaban J connectivity index is 1.95. The fourth-order valence-electron chi connectivity index (χ4n) is 2.14. The van der Waals surface area contributed by atoms with Gasteiger partial charge in [-0.25, -0.2) is 9.97 Å². The van der Waals surface area contributed by atoms with Gasteiger partial charge in [0.1, 0.15) is 0 Å². The topological polar surface area (TPSA) is 47.0 Å². The van der Waals surface area contributed by atoms with Crippen molar-refractivity contribution in [3.05, 3.63) is 17.5 Å². The molecular weight excluding hydrogens is 226 g/mol. The van der Waals surface area contributed by atoms with E-state index in [1.807, 2.05) is 13.0 Å². The van der Waals surface area contributed by atoms with Gasteiger partial charge in [0.25, 0.3) is 0 Å². The van der Waals surface area contributed by atoms with Crippen LogP contribution in [0.1, 0.15) is 50.4 Å². The third-order valence-electron chi connectivity index (χ3n) is 3.23. The molecule has 1 aliphatic rings. The summed E-state index contributed by atoms with van der Waals surface area (Å²) in [7, 11) is 0. The van der Waals surface area contributed by atoms with Crippen LogP contribution in [-0.2, 0) is 4.74 Å². The third kappa shape index (κ3) is 3.67. The summed E-state index contributed by atoms with van der Waals surface area (Å²) in [4.78, 5) is 8.96. The fourth-order valence-corrected chi connectivity index (χ4v) is 2.14. The fraction of sp³-hybridized carbons (Fsp3) is 0.714. The number of aryl methyl sites for hydroxylation is 1. The van der Waals surface area contributed by atoms with Gasteiger partial charge in [0, 0.05) is 24.5 Å². The molecular formula is C14H23N3O. The van der Waals surface area contributed by atoms with Crippen LogP contribution in [0.4, 0.5) is 5.95 Å². The molecule has 0 spiro atoms. The van der Waals surface area contributed by atoms with Crippen molar-refractivity contribution in [2.45, 2.75) is 52.1 Å². The molecule has 1 atom stereocenters. The summed E-state index contributed by atoms with van der Waals surface area (Å²) in [6, 6.07) is 2.05. The van der Waals surface area contributed by atoms with Gasteiger partial charge >= 0.3 is 0 Å². The first-order valence-electron chi connectivity index (χ1n) is 6.86. The lowest BCUT2D eigenvalue weighted by molar-refractivity contribution is 0.0246. The Morgan fingerprint density at radius 3 is 2.89 bits per heavy atom. The molecule has 0 aliphatic carbocycles. The number of nitrogens with one attached hydrogen (secondary N) is 1. The highest BCUT2D eigenvalue weighted by molar-refractivity contribution is 5.29. The van der Waals surface area contributed by atoms with Gasteiger partial charge in [-0.3, -0.25) is 0 Å². The Morgan fingerprint density at radius 2 is 2.22 bits per heavy atom. The first-order valence-corrected chi connectivity index (χ1v) is 6.86. The van der Waals surface area contributed by atoms with Gasteiger partial charge in [0.15, 0.2) is 0 Å². The van der Waals surface area contributed by atoms with Gasteiger partial charge in [-0.15, -0.1) is 0 Å². The molecule has 0 saturated carbocycles. The van der Waals surface area contributed by atoms with Crippen LogP contribution in [0.3, 0.4) is 0 Å². The van der Waals surface area contributed by atoms with E-state index in [0.717, 1.165) is 36.9 Å². The summed E-state index contributed by atoms with van der Waals surface area (Å²) in [6.07, 6.45) is 3.90. The molecule has 18 heavy (non-hydrogen) atoms. The first kappa shape index (κ1) is 13.3. The van der Waals surface area contributed by atoms with Gasteiger partial charge in [-0.2, -0.15) is 0 Å². The van der Waals surface area contributed by atoms with Crippen molar-refractivity contribution in [3.63, 3.8) is 0 Å². The minimum Gasteiger partial charge on any atom is -0.376 e. The van der Waals surface area contributed by atoms with E-state index in [4.69, 9.17) is 4.74 Å². The number of anilines is 1. The van der Waals surface area contributed by atoms with Gasteiger partial charge in [0.2, 0.25) is 5.95 Å². The van der Waals surface area contributed by atoms with Crippen molar-refractivity contribution in [3.8, 4) is 0 Å². The van der Waals surface area contributed by atoms with Crippen molar-refractivity contribution in [2.24, 2.45) is 0 Å². The summed E-state index contributed by atoms with van der Waals surface area (Å²) in [5.41, 5.74) is 2.11. The van der Waals surface area contributed by atoms with E-state index in [1.54, 1.807) is 0 Å². The molecule has 1 fully saturated rings. The smallest absolute Gasteiger partial charge is 0.223 e.